The number of nitrogens with zero attached hydrogens (tertiary/aromatic N) is 4. The lowest BCUT2D eigenvalue weighted by molar-refractivity contribution is 0.0577. The first kappa shape index (κ1) is 23.8. The third kappa shape index (κ3) is 4.96. The number of aromatic nitrogens is 4. The predicted octanol–water partition coefficient (Wildman–Crippen LogP) is 4.77. The zero-order chi connectivity index (χ0) is 23.5. The predicted molar refractivity (Wildman–Crippen MR) is 129 cm³/mol. The zero-order valence-electron chi connectivity index (χ0n) is 20.0. The molecule has 32 heavy (non-hydrogen) atoms. The topological polar surface area (TPSA) is 108 Å². The number of hydrogen-bond donors (Lipinski definition) is 4. The highest BCUT2D eigenvalue weighted by atomic mass is 16.3. The maximum absolute atomic E-state index is 10.5. The number of aromatic hydroxyl groups is 1. The zero-order valence-corrected chi connectivity index (χ0v) is 20.0. The summed E-state index contributed by atoms with van der Waals surface area (Å²) in [7, 11) is 0. The smallest absolute Gasteiger partial charge is 0.227 e. The number of aliphatic hydroxyl groups is 1. The molecule has 4 N–H and O–H groups in total. The molecule has 1 atom stereocenters. The van der Waals surface area contributed by atoms with Gasteiger partial charge in [-0.3, -0.25) is 0 Å². The summed E-state index contributed by atoms with van der Waals surface area (Å²) < 4.78 is 2.10. The Morgan fingerprint density at radius 2 is 1.81 bits per heavy atom. The summed E-state index contributed by atoms with van der Waals surface area (Å²) in [6.07, 6.45) is 4.48. The van der Waals surface area contributed by atoms with E-state index in [4.69, 9.17) is 9.97 Å². The van der Waals surface area contributed by atoms with Crippen LogP contribution < -0.4 is 10.6 Å². The lowest BCUT2D eigenvalue weighted by atomic mass is 9.97. The molecule has 1 unspecified atom stereocenters. The van der Waals surface area contributed by atoms with Crippen molar-refractivity contribution in [1.29, 1.82) is 0 Å². The number of rotatable bonds is 10. The van der Waals surface area contributed by atoms with Gasteiger partial charge in [0.25, 0.3) is 0 Å². The molecule has 8 nitrogen and oxygen atoms in total. The van der Waals surface area contributed by atoms with Crippen LogP contribution in [0.15, 0.2) is 24.5 Å². The summed E-state index contributed by atoms with van der Waals surface area (Å²) in [5.41, 5.74) is 2.12. The number of phenols is 1. The van der Waals surface area contributed by atoms with Crippen LogP contribution in [0.1, 0.15) is 71.0 Å². The SMILES string of the molecule is CCC(CC)n1cnc2c(NCc3cccc(C)c3O)nc(NC(CC)C(C)(C)O)nc21. The lowest BCUT2D eigenvalue weighted by Gasteiger charge is -2.29. The number of imidazole rings is 1. The standard InChI is InChI=1S/C24H36N6O2/c1-7-17(8-2)30-14-26-19-21(25-13-16-12-10-11-15(4)20(16)31)28-23(29-22(19)30)27-18(9-3)24(5,6)32/h10-12,14,17-18,31-32H,7-9,13H2,1-6H3,(H2,25,27,28,29). The van der Waals surface area contributed by atoms with Crippen LogP contribution in [0, 0.1) is 6.92 Å². The number of benzene rings is 1. The average Bonchev–Trinajstić information content (AvgIpc) is 3.17. The largest absolute Gasteiger partial charge is 0.507 e. The van der Waals surface area contributed by atoms with Crippen molar-refractivity contribution in [3.8, 4) is 5.75 Å². The van der Waals surface area contributed by atoms with Crippen molar-refractivity contribution < 1.29 is 10.2 Å². The maximum atomic E-state index is 10.5. The normalized spacial score (nSPS) is 13.0. The Balaban J connectivity index is 2.03. The Hall–Kier alpha value is -2.87. The van der Waals surface area contributed by atoms with Crippen molar-refractivity contribution in [2.24, 2.45) is 0 Å². The Labute approximate surface area is 190 Å². The number of phenolic OH excluding ortho intramolecular Hbond substituents is 1. The highest BCUT2D eigenvalue weighted by molar-refractivity contribution is 5.84. The Morgan fingerprint density at radius 1 is 1.09 bits per heavy atom. The van der Waals surface area contributed by atoms with Gasteiger partial charge in [-0.25, -0.2) is 4.98 Å². The van der Waals surface area contributed by atoms with Crippen LogP contribution in [0.3, 0.4) is 0 Å². The summed E-state index contributed by atoms with van der Waals surface area (Å²) in [6.45, 7) is 12.2. The van der Waals surface area contributed by atoms with Crippen LogP contribution in [0.25, 0.3) is 11.2 Å². The second kappa shape index (κ2) is 9.73. The van der Waals surface area contributed by atoms with E-state index in [-0.39, 0.29) is 17.8 Å². The summed E-state index contributed by atoms with van der Waals surface area (Å²) in [6, 6.07) is 5.76. The minimum atomic E-state index is -0.927. The first-order valence-corrected chi connectivity index (χ1v) is 11.4. The van der Waals surface area contributed by atoms with Crippen LogP contribution in [0.2, 0.25) is 0 Å². The number of para-hydroxylation sites is 1. The molecule has 3 rings (SSSR count). The van der Waals surface area contributed by atoms with E-state index in [2.05, 4.69) is 34.0 Å². The van der Waals surface area contributed by atoms with Gasteiger partial charge in [-0.1, -0.05) is 39.0 Å². The molecule has 8 heteroatoms. The van der Waals surface area contributed by atoms with Crippen molar-refractivity contribution in [2.75, 3.05) is 10.6 Å². The molecule has 0 aliphatic rings. The third-order valence-electron chi connectivity index (χ3n) is 6.09. The number of hydrogen-bond acceptors (Lipinski definition) is 7. The monoisotopic (exact) mass is 440 g/mol. The van der Waals surface area contributed by atoms with Gasteiger partial charge >= 0.3 is 0 Å². The van der Waals surface area contributed by atoms with Crippen molar-refractivity contribution in [3.05, 3.63) is 35.7 Å². The molecule has 2 heterocycles. The Bertz CT molecular complexity index is 1050. The molecule has 0 saturated carbocycles. The summed E-state index contributed by atoms with van der Waals surface area (Å²) in [4.78, 5) is 14.1. The summed E-state index contributed by atoms with van der Waals surface area (Å²) in [5, 5.41) is 27.6. The van der Waals surface area contributed by atoms with E-state index in [0.29, 0.717) is 23.8 Å². The van der Waals surface area contributed by atoms with Gasteiger partial charge < -0.3 is 25.4 Å². The molecule has 0 fully saturated rings. The van der Waals surface area contributed by atoms with Crippen LogP contribution in [-0.4, -0.2) is 41.4 Å². The van der Waals surface area contributed by atoms with Crippen molar-refractivity contribution in [2.45, 2.75) is 85.0 Å². The van der Waals surface area contributed by atoms with Crippen LogP contribution in [0.4, 0.5) is 11.8 Å². The Kier molecular flexibility index (Phi) is 7.23. The number of anilines is 2. The third-order valence-corrected chi connectivity index (χ3v) is 6.09. The number of aryl methyl sites for hydroxylation is 1. The van der Waals surface area contributed by atoms with Gasteiger partial charge in [0.1, 0.15) is 5.75 Å². The molecule has 0 spiro atoms. The molecule has 3 aromatic rings. The van der Waals surface area contributed by atoms with Gasteiger partial charge in [-0.05, 0) is 45.6 Å². The second-order valence-electron chi connectivity index (χ2n) is 8.89. The molecule has 0 saturated heterocycles. The first-order chi connectivity index (χ1) is 15.2. The van der Waals surface area contributed by atoms with E-state index in [1.807, 2.05) is 38.4 Å². The molecule has 0 bridgehead atoms. The highest BCUT2D eigenvalue weighted by Gasteiger charge is 2.27. The molecular weight excluding hydrogens is 404 g/mol. The number of nitrogens with one attached hydrogen (secondary N) is 2. The fraction of sp³-hybridized carbons (Fsp3) is 0.542. The second-order valence-corrected chi connectivity index (χ2v) is 8.89. The molecule has 0 aliphatic carbocycles. The average molecular weight is 441 g/mol. The van der Waals surface area contributed by atoms with Gasteiger partial charge in [-0.2, -0.15) is 9.97 Å². The summed E-state index contributed by atoms with van der Waals surface area (Å²) in [5.74, 6) is 1.31. The Morgan fingerprint density at radius 3 is 2.44 bits per heavy atom. The van der Waals surface area contributed by atoms with Crippen molar-refractivity contribution in [3.63, 3.8) is 0 Å². The fourth-order valence-corrected chi connectivity index (χ4v) is 4.03. The van der Waals surface area contributed by atoms with Gasteiger partial charge in [0.2, 0.25) is 5.95 Å². The molecule has 1 aromatic carbocycles. The molecular formula is C24H36N6O2. The van der Waals surface area contributed by atoms with E-state index >= 15 is 0 Å². The van der Waals surface area contributed by atoms with Crippen LogP contribution >= 0.6 is 0 Å². The van der Waals surface area contributed by atoms with Gasteiger partial charge in [-0.15, -0.1) is 0 Å². The van der Waals surface area contributed by atoms with E-state index in [0.717, 1.165) is 36.0 Å². The van der Waals surface area contributed by atoms with E-state index in [1.165, 1.54) is 0 Å². The van der Waals surface area contributed by atoms with Crippen LogP contribution in [-0.2, 0) is 6.54 Å². The molecule has 2 aromatic heterocycles. The maximum Gasteiger partial charge on any atom is 0.227 e. The fourth-order valence-electron chi connectivity index (χ4n) is 4.03. The summed E-state index contributed by atoms with van der Waals surface area (Å²) >= 11 is 0. The highest BCUT2D eigenvalue weighted by Crippen LogP contribution is 2.28. The van der Waals surface area contributed by atoms with Gasteiger partial charge in [0.15, 0.2) is 17.0 Å². The first-order valence-electron chi connectivity index (χ1n) is 11.4. The molecule has 0 amide bonds. The minimum absolute atomic E-state index is 0.210. The molecule has 174 valence electrons. The number of fused-ring (bicyclic) bond motifs is 1. The van der Waals surface area contributed by atoms with Gasteiger partial charge in [0, 0.05) is 18.2 Å². The van der Waals surface area contributed by atoms with Gasteiger partial charge in [0.05, 0.1) is 18.0 Å². The van der Waals surface area contributed by atoms with E-state index < -0.39 is 5.60 Å². The quantitative estimate of drug-likeness (QED) is 0.359. The molecule has 0 aliphatic heterocycles. The lowest BCUT2D eigenvalue weighted by Crippen LogP contribution is -2.41. The van der Waals surface area contributed by atoms with Crippen LogP contribution in [0.5, 0.6) is 5.75 Å². The van der Waals surface area contributed by atoms with Crippen molar-refractivity contribution in [1.82, 2.24) is 19.5 Å². The molecule has 0 radical (unpaired) electrons. The van der Waals surface area contributed by atoms with E-state index in [9.17, 15) is 10.2 Å². The van der Waals surface area contributed by atoms with Crippen molar-refractivity contribution >= 4 is 22.9 Å². The van der Waals surface area contributed by atoms with E-state index in [1.54, 1.807) is 13.8 Å². The minimum Gasteiger partial charge on any atom is -0.507 e.